The molecule has 0 spiro atoms. The van der Waals surface area contributed by atoms with Crippen molar-refractivity contribution in [1.29, 1.82) is 0 Å². The fourth-order valence-corrected chi connectivity index (χ4v) is 4.17. The van der Waals surface area contributed by atoms with Crippen molar-refractivity contribution < 1.29 is 26.2 Å². The van der Waals surface area contributed by atoms with Gasteiger partial charge in [-0.15, -0.1) is 93.9 Å². The minimum absolute atomic E-state index is 0. The van der Waals surface area contributed by atoms with Gasteiger partial charge in [0, 0.05) is 11.0 Å². The molecule has 0 unspecified atom stereocenters. The molecule has 0 saturated carbocycles. The van der Waals surface area contributed by atoms with Gasteiger partial charge < -0.3 is 7.43 Å². The van der Waals surface area contributed by atoms with E-state index >= 15 is 0 Å². The monoisotopic (exact) mass is 611 g/mol. The molecule has 0 aliphatic rings. The third kappa shape index (κ3) is 9.46. The second-order valence-electron chi connectivity index (χ2n) is 8.24. The first-order chi connectivity index (χ1) is 15.0. The second kappa shape index (κ2) is 18.8. The molecule has 0 aliphatic carbocycles. The number of hydrogen-bond donors (Lipinski definition) is 0. The standard InChI is InChI=1S/C16H13.C13H15.C2H6.CH3.2ClH.Si.Zr/c1-12-10-14-8-5-9-15(16(14)11-12)13-6-3-2-4-7-13;1-9(2)12-6-4-5-11-7-10(3)8-13(11)12;1-2;;;;;/h2-11H,1H3;4-9H,1-3H3;1-2H3;1H3;2*1H;;/q2*-1;;-1;;;;+3. The van der Waals surface area contributed by atoms with Crippen LogP contribution < -0.4 is 0 Å². The van der Waals surface area contributed by atoms with E-state index in [4.69, 9.17) is 0 Å². The van der Waals surface area contributed by atoms with Crippen molar-refractivity contribution in [1.82, 2.24) is 0 Å². The van der Waals surface area contributed by atoms with E-state index in [1.807, 2.05) is 13.8 Å². The topological polar surface area (TPSA) is 0 Å². The van der Waals surface area contributed by atoms with Crippen LogP contribution in [0.3, 0.4) is 0 Å². The van der Waals surface area contributed by atoms with Crippen molar-refractivity contribution in [3.63, 3.8) is 0 Å². The Morgan fingerprint density at radius 1 is 0.639 bits per heavy atom. The van der Waals surface area contributed by atoms with Gasteiger partial charge in [0.15, 0.2) is 0 Å². The molecule has 36 heavy (non-hydrogen) atoms. The largest absolute Gasteiger partial charge is 3.00 e. The summed E-state index contributed by atoms with van der Waals surface area (Å²) in [5.74, 6) is 0.616. The van der Waals surface area contributed by atoms with E-state index in [1.165, 1.54) is 49.4 Å². The predicted octanol–water partition coefficient (Wildman–Crippen LogP) is 10.5. The maximum Gasteiger partial charge on any atom is 3.00 e. The minimum atomic E-state index is 0. The van der Waals surface area contributed by atoms with Gasteiger partial charge in [0.2, 0.25) is 0 Å². The maximum atomic E-state index is 2.28. The van der Waals surface area contributed by atoms with Crippen molar-refractivity contribution >= 4 is 57.3 Å². The first-order valence-electron chi connectivity index (χ1n) is 11.4. The van der Waals surface area contributed by atoms with Crippen molar-refractivity contribution in [2.45, 2.75) is 47.5 Å². The molecule has 189 valence electrons. The molecule has 5 rings (SSSR count). The van der Waals surface area contributed by atoms with Gasteiger partial charge in [0.05, 0.1) is 0 Å². The van der Waals surface area contributed by atoms with Crippen LogP contribution in [0.2, 0.25) is 0 Å². The molecule has 0 nitrogen and oxygen atoms in total. The first kappa shape index (κ1) is 39.1. The van der Waals surface area contributed by atoms with E-state index in [1.54, 1.807) is 0 Å². The smallest absolute Gasteiger partial charge is 0.358 e. The number of hydrogen-bond acceptors (Lipinski definition) is 0. The average molecular weight is 614 g/mol. The Balaban J connectivity index is -0.000000508. The molecular formula is C32H39Cl2SiZr. The number of fused-ring (bicyclic) bond motifs is 2. The second-order valence-corrected chi connectivity index (χ2v) is 8.24. The fraction of sp³-hybridized carbons (Fsp3) is 0.219. The van der Waals surface area contributed by atoms with Gasteiger partial charge in [0.25, 0.3) is 0 Å². The van der Waals surface area contributed by atoms with E-state index < -0.39 is 0 Å². The summed E-state index contributed by atoms with van der Waals surface area (Å²) in [7, 11) is 0. The number of benzene rings is 3. The van der Waals surface area contributed by atoms with E-state index in [0.29, 0.717) is 5.92 Å². The Hall–Kier alpha value is -1.44. The summed E-state index contributed by atoms with van der Waals surface area (Å²) in [5.41, 5.74) is 6.77. The molecule has 5 aromatic rings. The molecule has 0 bridgehead atoms. The predicted molar refractivity (Wildman–Crippen MR) is 166 cm³/mol. The van der Waals surface area contributed by atoms with Gasteiger partial charge in [0.1, 0.15) is 0 Å². The van der Waals surface area contributed by atoms with E-state index in [2.05, 4.69) is 119 Å². The fourth-order valence-electron chi connectivity index (χ4n) is 4.17. The van der Waals surface area contributed by atoms with Crippen LogP contribution in [0, 0.1) is 21.3 Å². The summed E-state index contributed by atoms with van der Waals surface area (Å²) < 4.78 is 0. The van der Waals surface area contributed by atoms with Gasteiger partial charge in [-0.05, 0) is 11.5 Å². The van der Waals surface area contributed by atoms with Gasteiger partial charge in [-0.3, -0.25) is 0 Å². The van der Waals surface area contributed by atoms with Crippen molar-refractivity contribution in [2.24, 2.45) is 0 Å². The summed E-state index contributed by atoms with van der Waals surface area (Å²) >= 11 is 0. The molecule has 0 atom stereocenters. The molecule has 0 N–H and O–H groups in total. The Labute approximate surface area is 255 Å². The molecule has 0 heterocycles. The van der Waals surface area contributed by atoms with Crippen molar-refractivity contribution in [3.05, 3.63) is 115 Å². The van der Waals surface area contributed by atoms with Gasteiger partial charge in [-0.2, -0.15) is 12.1 Å². The molecule has 0 aliphatic heterocycles. The molecule has 0 aromatic heterocycles. The van der Waals surface area contributed by atoms with Crippen LogP contribution in [-0.2, 0) is 26.2 Å². The molecule has 0 fully saturated rings. The molecule has 5 radical (unpaired) electrons. The van der Waals surface area contributed by atoms with Crippen LogP contribution in [0.15, 0.2) is 91.0 Å². The quantitative estimate of drug-likeness (QED) is 0.137. The zero-order valence-corrected chi connectivity index (χ0v) is 27.6. The summed E-state index contributed by atoms with van der Waals surface area (Å²) in [4.78, 5) is 0. The molecule has 0 saturated heterocycles. The summed E-state index contributed by atoms with van der Waals surface area (Å²) in [5, 5.41) is 5.49. The SMILES string of the molecule is CC.Cc1cc2c(-c3ccccc3)cccc2[cH-]1.Cc1cc2c(C(C)C)cccc2[cH-]1.Cl.Cl.[CH3-].[Si].[Zr+3]. The molecule has 5 aromatic carbocycles. The zero-order valence-electron chi connectivity index (χ0n) is 22.6. The van der Waals surface area contributed by atoms with Crippen LogP contribution in [0.25, 0.3) is 32.7 Å². The molecule has 0 amide bonds. The summed E-state index contributed by atoms with van der Waals surface area (Å²) in [6.45, 7) is 12.8. The third-order valence-corrected chi connectivity index (χ3v) is 5.53. The third-order valence-electron chi connectivity index (χ3n) is 5.53. The average Bonchev–Trinajstić information content (AvgIpc) is 3.36. The Morgan fingerprint density at radius 3 is 1.64 bits per heavy atom. The van der Waals surface area contributed by atoms with Crippen LogP contribution in [0.5, 0.6) is 0 Å². The Bertz CT molecular complexity index is 1250. The molecule has 4 heteroatoms. The normalized spacial score (nSPS) is 9.08. The number of halogens is 2. The maximum absolute atomic E-state index is 2.28. The number of rotatable bonds is 2. The van der Waals surface area contributed by atoms with E-state index in [-0.39, 0.29) is 69.4 Å². The van der Waals surface area contributed by atoms with Gasteiger partial charge in [-0.25, -0.2) is 0 Å². The van der Waals surface area contributed by atoms with Crippen molar-refractivity contribution in [3.8, 4) is 11.1 Å². The Morgan fingerprint density at radius 2 is 1.11 bits per heavy atom. The van der Waals surface area contributed by atoms with Crippen LogP contribution in [-0.4, -0.2) is 11.0 Å². The summed E-state index contributed by atoms with van der Waals surface area (Å²) in [6, 6.07) is 32.7. The van der Waals surface area contributed by atoms with Gasteiger partial charge in [-0.1, -0.05) is 95.1 Å². The Kier molecular flexibility index (Phi) is 20.4. The van der Waals surface area contributed by atoms with Crippen LogP contribution >= 0.6 is 24.8 Å². The van der Waals surface area contributed by atoms with Gasteiger partial charge >= 0.3 is 26.2 Å². The van der Waals surface area contributed by atoms with E-state index in [9.17, 15) is 0 Å². The first-order valence-corrected chi connectivity index (χ1v) is 11.4. The van der Waals surface area contributed by atoms with E-state index in [0.717, 1.165) is 0 Å². The van der Waals surface area contributed by atoms with Crippen LogP contribution in [0.4, 0.5) is 0 Å². The molecular weight excluding hydrogens is 575 g/mol. The van der Waals surface area contributed by atoms with Crippen molar-refractivity contribution in [2.75, 3.05) is 0 Å². The minimum Gasteiger partial charge on any atom is -0.358 e. The summed E-state index contributed by atoms with van der Waals surface area (Å²) in [6.07, 6.45) is 0. The van der Waals surface area contributed by atoms with Crippen LogP contribution in [0.1, 0.15) is 50.3 Å². The number of aryl methyl sites for hydroxylation is 2. The zero-order chi connectivity index (χ0) is 22.4.